The quantitative estimate of drug-likeness (QED) is 0.0562. The van der Waals surface area contributed by atoms with E-state index in [1.54, 1.807) is 47.9 Å². The third kappa shape index (κ3) is 11.9. The summed E-state index contributed by atoms with van der Waals surface area (Å²) in [6, 6.07) is 23.6. The van der Waals surface area contributed by atoms with E-state index in [0.29, 0.717) is 34.3 Å². The molecule has 1 saturated heterocycles. The van der Waals surface area contributed by atoms with E-state index in [1.165, 1.54) is 4.90 Å². The Labute approximate surface area is 424 Å². The number of nitrogens with one attached hydrogen (secondary N) is 4. The van der Waals surface area contributed by atoms with Crippen LogP contribution in [0.1, 0.15) is 95.0 Å². The second-order valence-corrected chi connectivity index (χ2v) is 21.9. The van der Waals surface area contributed by atoms with Gasteiger partial charge in [-0.05, 0) is 72.4 Å². The van der Waals surface area contributed by atoms with Gasteiger partial charge in [-0.2, -0.15) is 5.26 Å². The number of thiazole rings is 1. The molecule has 1 saturated carbocycles. The molecule has 1 aliphatic heterocycles. The lowest BCUT2D eigenvalue weighted by Gasteiger charge is -2.63. The van der Waals surface area contributed by atoms with Crippen LogP contribution in [0.3, 0.4) is 0 Å². The van der Waals surface area contributed by atoms with E-state index in [2.05, 4.69) is 65.0 Å². The van der Waals surface area contributed by atoms with Crippen molar-refractivity contribution in [2.24, 2.45) is 16.2 Å². The van der Waals surface area contributed by atoms with Crippen molar-refractivity contribution in [3.63, 3.8) is 0 Å². The van der Waals surface area contributed by atoms with Crippen molar-refractivity contribution < 1.29 is 33.8 Å². The first kappa shape index (κ1) is 52.4. The normalized spacial score (nSPS) is 19.9. The Morgan fingerprint density at radius 2 is 1.62 bits per heavy atom. The number of likely N-dealkylation sites (tertiary alicyclic amines) is 1. The van der Waals surface area contributed by atoms with Crippen LogP contribution >= 0.6 is 22.9 Å². The summed E-state index contributed by atoms with van der Waals surface area (Å²) in [7, 11) is 0. The number of hydrogen-bond donors (Lipinski definition) is 5. The summed E-state index contributed by atoms with van der Waals surface area (Å²) < 4.78 is 12.0. The highest BCUT2D eigenvalue weighted by Crippen LogP contribution is 2.55. The number of rotatable bonds is 17. The Morgan fingerprint density at radius 3 is 2.23 bits per heavy atom. The van der Waals surface area contributed by atoms with Gasteiger partial charge in [0.25, 0.3) is 5.91 Å². The van der Waals surface area contributed by atoms with E-state index in [0.717, 1.165) is 32.8 Å². The Kier molecular flexibility index (Phi) is 15.9. The van der Waals surface area contributed by atoms with E-state index in [9.17, 15) is 29.5 Å². The molecule has 3 aromatic carbocycles. The molecule has 0 bridgehead atoms. The molecule has 2 fully saturated rings. The highest BCUT2D eigenvalue weighted by molar-refractivity contribution is 7.13. The number of aliphatic hydroxyl groups excluding tert-OH is 1. The van der Waals surface area contributed by atoms with Crippen LogP contribution < -0.4 is 26.0 Å². The van der Waals surface area contributed by atoms with Gasteiger partial charge in [0.15, 0.2) is 0 Å². The molecule has 2 aliphatic rings. The summed E-state index contributed by atoms with van der Waals surface area (Å²) in [6.45, 7) is 17.8. The second-order valence-electron chi connectivity index (χ2n) is 20.7. The van der Waals surface area contributed by atoms with Gasteiger partial charge >= 0.3 is 0 Å². The van der Waals surface area contributed by atoms with Crippen LogP contribution in [0.5, 0.6) is 5.75 Å². The number of carbonyl (C=O) groups excluding carboxylic acids is 4. The van der Waals surface area contributed by atoms with Gasteiger partial charge in [-0.3, -0.25) is 19.2 Å². The Bertz CT molecular complexity index is 2750. The van der Waals surface area contributed by atoms with Crippen LogP contribution in [0.2, 0.25) is 5.02 Å². The number of nitrogens with zero attached hydrogens (tertiary/aromatic N) is 4. The third-order valence-electron chi connectivity index (χ3n) is 13.5. The van der Waals surface area contributed by atoms with Crippen molar-refractivity contribution in [2.45, 2.75) is 105 Å². The van der Waals surface area contributed by atoms with Gasteiger partial charge in [0.05, 0.1) is 45.4 Å². The molecule has 17 heteroatoms. The van der Waals surface area contributed by atoms with Crippen LogP contribution in [0.25, 0.3) is 21.6 Å². The number of benzene rings is 3. The maximum absolute atomic E-state index is 14.1. The van der Waals surface area contributed by atoms with Gasteiger partial charge in [-0.15, -0.1) is 11.3 Å². The number of aromatic nitrogens is 2. The molecule has 0 radical (unpaired) electrons. The van der Waals surface area contributed by atoms with Gasteiger partial charge in [0.1, 0.15) is 42.4 Å². The molecule has 4 amide bonds. The molecule has 374 valence electrons. The average molecular weight is 1000 g/mol. The summed E-state index contributed by atoms with van der Waals surface area (Å²) in [5.74, 6) is -0.339. The minimum absolute atomic E-state index is 0.0317. The SMILES string of the molecule is Cc1ncsc1-c1ccc([C@H](C)NC(=O)[C@@H]2C[C@@H](O)CN2C(=O)[C@@H](NC(=O)COCCNc2ccc(-c3ccc(C(=O)N[C@H]4C(C)(C)[C@H](Oc5ccc(C#N)c(Cl)c5)C4(C)C)cc3)cn2)C(C)(C)C)cc1. The van der Waals surface area contributed by atoms with Gasteiger partial charge in [-0.25, -0.2) is 9.97 Å². The smallest absolute Gasteiger partial charge is 0.251 e. The van der Waals surface area contributed by atoms with Crippen LogP contribution in [0.15, 0.2) is 90.6 Å². The van der Waals surface area contributed by atoms with Crippen LogP contribution in [-0.4, -0.2) is 100 Å². The molecule has 2 aromatic heterocycles. The van der Waals surface area contributed by atoms with E-state index >= 15 is 0 Å². The maximum atomic E-state index is 14.1. The molecule has 5 aromatic rings. The number of nitriles is 1. The predicted molar refractivity (Wildman–Crippen MR) is 275 cm³/mol. The lowest BCUT2D eigenvalue weighted by Crippen LogP contribution is -2.74. The second kappa shape index (κ2) is 21.5. The molecule has 5 N–H and O–H groups in total. The number of β-amino-alcohol motifs (C(OH)–C–C–N with tert-alkyl or cyclic N) is 1. The largest absolute Gasteiger partial charge is 0.489 e. The molecule has 1 aliphatic carbocycles. The summed E-state index contributed by atoms with van der Waals surface area (Å²) >= 11 is 7.82. The lowest BCUT2D eigenvalue weighted by atomic mass is 9.49. The zero-order valence-corrected chi connectivity index (χ0v) is 43.2. The van der Waals surface area contributed by atoms with Gasteiger partial charge < -0.3 is 40.7 Å². The minimum Gasteiger partial charge on any atom is -0.489 e. The number of carbonyl (C=O) groups is 4. The topological polar surface area (TPSA) is 208 Å². The summed E-state index contributed by atoms with van der Waals surface area (Å²) in [4.78, 5) is 65.8. The Balaban J connectivity index is 0.847. The Morgan fingerprint density at radius 1 is 0.944 bits per heavy atom. The summed E-state index contributed by atoms with van der Waals surface area (Å²) in [5, 5.41) is 32.5. The lowest BCUT2D eigenvalue weighted by molar-refractivity contribution is -0.164. The molecule has 7 rings (SSSR count). The monoisotopic (exact) mass is 1000 g/mol. The predicted octanol–water partition coefficient (Wildman–Crippen LogP) is 8.12. The van der Waals surface area contributed by atoms with Gasteiger partial charge in [0.2, 0.25) is 17.7 Å². The fourth-order valence-electron chi connectivity index (χ4n) is 9.93. The van der Waals surface area contributed by atoms with Crippen molar-refractivity contribution in [1.29, 1.82) is 5.26 Å². The molecule has 3 heterocycles. The fraction of sp³-hybridized carbons (Fsp3) is 0.426. The van der Waals surface area contributed by atoms with E-state index < -0.39 is 46.2 Å². The first-order chi connectivity index (χ1) is 33.6. The number of pyridine rings is 1. The highest BCUT2D eigenvalue weighted by Gasteiger charge is 2.64. The van der Waals surface area contributed by atoms with Crippen molar-refractivity contribution >= 4 is 52.4 Å². The minimum atomic E-state index is -0.988. The Hall–Kier alpha value is -6.38. The van der Waals surface area contributed by atoms with Crippen LogP contribution in [-0.2, 0) is 19.1 Å². The first-order valence-electron chi connectivity index (χ1n) is 23.7. The highest BCUT2D eigenvalue weighted by atomic mass is 35.5. The first-order valence-corrected chi connectivity index (χ1v) is 25.0. The van der Waals surface area contributed by atoms with Crippen molar-refractivity contribution in [2.75, 3.05) is 31.6 Å². The molecule has 0 spiro atoms. The number of hydrogen-bond acceptors (Lipinski definition) is 12. The fourth-order valence-corrected chi connectivity index (χ4v) is 11.0. The van der Waals surface area contributed by atoms with Crippen molar-refractivity contribution in [3.05, 3.63) is 118 Å². The summed E-state index contributed by atoms with van der Waals surface area (Å²) in [5.41, 5.74) is 5.83. The molecule has 4 atom stereocenters. The number of ether oxygens (including phenoxy) is 2. The number of halogens is 1. The van der Waals surface area contributed by atoms with Gasteiger partial charge in [-0.1, -0.05) is 96.5 Å². The molecular weight excluding hydrogens is 940 g/mol. The molecule has 0 unspecified atom stereocenters. The number of aliphatic hydroxyl groups is 1. The van der Waals surface area contributed by atoms with Crippen molar-refractivity contribution in [3.8, 4) is 33.4 Å². The average Bonchev–Trinajstić information content (AvgIpc) is 3.96. The van der Waals surface area contributed by atoms with Crippen LogP contribution in [0.4, 0.5) is 5.82 Å². The molecule has 15 nitrogen and oxygen atoms in total. The van der Waals surface area contributed by atoms with E-state index in [4.69, 9.17) is 21.1 Å². The zero-order valence-electron chi connectivity index (χ0n) is 41.6. The maximum Gasteiger partial charge on any atom is 0.251 e. The molecule has 71 heavy (non-hydrogen) atoms. The van der Waals surface area contributed by atoms with Gasteiger partial charge in [0, 0.05) is 59.8 Å². The van der Waals surface area contributed by atoms with E-state index in [-0.39, 0.29) is 56.2 Å². The standard InChI is InChI=1S/C54H63ClN8O7S/c1-31(33-10-14-35(15-11-33)45-32(2)59-30-71-45)60-48(67)42-24-39(64)28-63(42)49(68)46(52(3,4)5)61-44(65)29-69-23-22-57-43-21-19-38(27-58-43)34-12-16-36(17-13-34)47(66)62-50-53(6,7)51(54(50,8)9)70-40-20-18-37(26-56)41(55)25-40/h10-21,25,27,30-31,39,42,46,50-51,64H,22-24,28-29H2,1-9H3,(H,57,58)(H,60,67)(H,61,65)(H,62,66)/t31-,39+,42-,46+,50-,51-/m0/s1. The number of amides is 4. The zero-order chi connectivity index (χ0) is 51.4. The molecular formula is C54H63ClN8O7S. The summed E-state index contributed by atoms with van der Waals surface area (Å²) in [6.07, 6.45) is 0.699. The number of anilines is 1. The van der Waals surface area contributed by atoms with Crippen LogP contribution in [0, 0.1) is 34.5 Å². The van der Waals surface area contributed by atoms with E-state index in [1.807, 2.05) is 88.7 Å². The third-order valence-corrected chi connectivity index (χ3v) is 14.8. The number of aryl methyl sites for hydroxylation is 1. The van der Waals surface area contributed by atoms with Crippen molar-refractivity contribution in [1.82, 2.24) is 30.8 Å².